The van der Waals surface area contributed by atoms with E-state index in [0.717, 1.165) is 42.0 Å². The minimum atomic E-state index is -0.868. The van der Waals surface area contributed by atoms with Crippen LogP contribution in [0.25, 0.3) is 33.3 Å². The molecule has 1 fully saturated rings. The minimum absolute atomic E-state index is 0.108. The third-order valence-electron chi connectivity index (χ3n) is 7.13. The van der Waals surface area contributed by atoms with Gasteiger partial charge in [-0.25, -0.2) is 4.98 Å². The van der Waals surface area contributed by atoms with Gasteiger partial charge >= 0.3 is 0 Å². The Labute approximate surface area is 208 Å². The molecular weight excluding hydrogens is 450 g/mol. The molecule has 0 spiro atoms. The van der Waals surface area contributed by atoms with Crippen molar-refractivity contribution >= 4 is 27.7 Å². The van der Waals surface area contributed by atoms with Crippen LogP contribution in [0.4, 0.5) is 0 Å². The lowest BCUT2D eigenvalue weighted by atomic mass is 9.93. The quantitative estimate of drug-likeness (QED) is 0.345. The number of carbonyl (C=O) groups is 1. The van der Waals surface area contributed by atoms with Crippen molar-refractivity contribution in [2.24, 2.45) is 0 Å². The molecule has 36 heavy (non-hydrogen) atoms. The van der Waals surface area contributed by atoms with E-state index in [-0.39, 0.29) is 23.2 Å². The highest BCUT2D eigenvalue weighted by Crippen LogP contribution is 2.30. The summed E-state index contributed by atoms with van der Waals surface area (Å²) >= 11 is 0. The van der Waals surface area contributed by atoms with Crippen molar-refractivity contribution in [1.29, 1.82) is 0 Å². The van der Waals surface area contributed by atoms with Crippen molar-refractivity contribution in [3.8, 4) is 11.5 Å². The van der Waals surface area contributed by atoms with Gasteiger partial charge < -0.3 is 9.73 Å². The summed E-state index contributed by atoms with van der Waals surface area (Å²) < 4.78 is 7.16. The summed E-state index contributed by atoms with van der Waals surface area (Å²) in [5, 5.41) is 5.24. The molecule has 1 unspecified atom stereocenters. The van der Waals surface area contributed by atoms with Gasteiger partial charge in [0.25, 0.3) is 5.56 Å². The fourth-order valence-corrected chi connectivity index (χ4v) is 5.40. The van der Waals surface area contributed by atoms with Crippen LogP contribution in [-0.4, -0.2) is 21.5 Å². The molecule has 0 saturated heterocycles. The average Bonchev–Trinajstić information content (AvgIpc) is 3.45. The van der Waals surface area contributed by atoms with E-state index in [4.69, 9.17) is 4.42 Å². The molecule has 6 rings (SSSR count). The lowest BCUT2D eigenvalue weighted by Gasteiger charge is -2.28. The minimum Gasteiger partial charge on any atom is -0.463 e. The molecule has 0 radical (unpaired) electrons. The smallest absolute Gasteiger partial charge is 0.281 e. The topological polar surface area (TPSA) is 77.1 Å². The third-order valence-corrected chi connectivity index (χ3v) is 7.13. The first-order valence-corrected chi connectivity index (χ1v) is 12.5. The molecule has 6 nitrogen and oxygen atoms in total. The highest BCUT2D eigenvalue weighted by Gasteiger charge is 2.30. The maximum absolute atomic E-state index is 14.1. The molecule has 180 valence electrons. The van der Waals surface area contributed by atoms with Gasteiger partial charge in [0.05, 0.1) is 17.3 Å². The molecular formula is C30H27N3O3. The van der Waals surface area contributed by atoms with Gasteiger partial charge in [-0.05, 0) is 53.4 Å². The Bertz CT molecular complexity index is 1590. The standard InChI is InChI=1S/C30H27N3O3/c34-29(31-21-12-2-1-3-13-21)28(23-15-8-11-20-10-4-5-14-22(20)23)33-25-17-7-6-16-24(25)32-27(30(33)35)26-18-9-19-36-26/h4-11,14-19,21,28H,1-3,12-13H2,(H,31,34). The molecule has 1 aliphatic rings. The van der Waals surface area contributed by atoms with Crippen LogP contribution < -0.4 is 10.9 Å². The highest BCUT2D eigenvalue weighted by molar-refractivity contribution is 5.94. The van der Waals surface area contributed by atoms with E-state index in [1.165, 1.54) is 12.7 Å². The molecule has 2 aromatic heterocycles. The van der Waals surface area contributed by atoms with Gasteiger partial charge in [0.15, 0.2) is 11.5 Å². The Morgan fingerprint density at radius 3 is 2.53 bits per heavy atom. The van der Waals surface area contributed by atoms with Crippen LogP contribution in [0.15, 0.2) is 94.3 Å². The van der Waals surface area contributed by atoms with E-state index < -0.39 is 6.04 Å². The van der Waals surface area contributed by atoms with E-state index in [1.807, 2.05) is 66.7 Å². The highest BCUT2D eigenvalue weighted by atomic mass is 16.3. The number of hydrogen-bond acceptors (Lipinski definition) is 4. The Balaban J connectivity index is 1.62. The molecule has 1 saturated carbocycles. The lowest BCUT2D eigenvalue weighted by molar-refractivity contribution is -0.124. The number of nitrogens with one attached hydrogen (secondary N) is 1. The van der Waals surface area contributed by atoms with Crippen LogP contribution in [-0.2, 0) is 4.79 Å². The van der Waals surface area contributed by atoms with Crippen LogP contribution in [0.5, 0.6) is 0 Å². The zero-order valence-electron chi connectivity index (χ0n) is 19.9. The Kier molecular flexibility index (Phi) is 5.85. The van der Waals surface area contributed by atoms with Crippen molar-refractivity contribution in [1.82, 2.24) is 14.9 Å². The SMILES string of the molecule is O=C(NC1CCCCC1)C(c1cccc2ccccc12)n1c(=O)c(-c2ccco2)nc2ccccc21. The predicted molar refractivity (Wildman–Crippen MR) is 141 cm³/mol. The van der Waals surface area contributed by atoms with Crippen molar-refractivity contribution in [3.63, 3.8) is 0 Å². The third kappa shape index (κ3) is 3.98. The van der Waals surface area contributed by atoms with Crippen molar-refractivity contribution < 1.29 is 9.21 Å². The van der Waals surface area contributed by atoms with Gasteiger partial charge in [0.1, 0.15) is 6.04 Å². The first-order valence-electron chi connectivity index (χ1n) is 12.5. The predicted octanol–water partition coefficient (Wildman–Crippen LogP) is 5.85. The number of rotatable bonds is 5. The summed E-state index contributed by atoms with van der Waals surface area (Å²) in [5.41, 5.74) is 1.84. The first-order chi connectivity index (χ1) is 17.7. The fourth-order valence-electron chi connectivity index (χ4n) is 5.40. The number of furan rings is 1. The summed E-state index contributed by atoms with van der Waals surface area (Å²) in [6.07, 6.45) is 6.83. The Hall–Kier alpha value is -4.19. The molecule has 3 aromatic carbocycles. The molecule has 0 aliphatic heterocycles. The lowest BCUT2D eigenvalue weighted by Crippen LogP contribution is -2.43. The van der Waals surface area contributed by atoms with E-state index in [1.54, 1.807) is 16.7 Å². The summed E-state index contributed by atoms with van der Waals surface area (Å²) in [6.45, 7) is 0. The molecule has 6 heteroatoms. The van der Waals surface area contributed by atoms with Crippen LogP contribution >= 0.6 is 0 Å². The van der Waals surface area contributed by atoms with Crippen LogP contribution in [0.1, 0.15) is 43.7 Å². The Morgan fingerprint density at radius 1 is 0.917 bits per heavy atom. The number of carbonyl (C=O) groups excluding carboxylic acids is 1. The van der Waals surface area contributed by atoms with Gasteiger partial charge in [0.2, 0.25) is 5.91 Å². The van der Waals surface area contributed by atoms with Crippen LogP contribution in [0.3, 0.4) is 0 Å². The largest absolute Gasteiger partial charge is 0.463 e. The molecule has 2 heterocycles. The zero-order valence-corrected chi connectivity index (χ0v) is 19.9. The fraction of sp³-hybridized carbons (Fsp3) is 0.233. The zero-order chi connectivity index (χ0) is 24.5. The maximum atomic E-state index is 14.1. The Morgan fingerprint density at radius 2 is 1.69 bits per heavy atom. The van der Waals surface area contributed by atoms with E-state index in [2.05, 4.69) is 10.3 Å². The van der Waals surface area contributed by atoms with Crippen molar-refractivity contribution in [3.05, 3.63) is 101 Å². The number of hydrogen-bond donors (Lipinski definition) is 1. The van der Waals surface area contributed by atoms with Gasteiger partial charge in [-0.15, -0.1) is 0 Å². The van der Waals surface area contributed by atoms with Gasteiger partial charge in [-0.3, -0.25) is 14.2 Å². The van der Waals surface area contributed by atoms with E-state index >= 15 is 0 Å². The first kappa shape index (κ1) is 22.3. The number of aromatic nitrogens is 2. The molecule has 5 aromatic rings. The monoisotopic (exact) mass is 477 g/mol. The second-order valence-electron chi connectivity index (χ2n) is 9.42. The number of fused-ring (bicyclic) bond motifs is 2. The molecule has 1 N–H and O–H groups in total. The van der Waals surface area contributed by atoms with Gasteiger partial charge in [-0.1, -0.05) is 73.9 Å². The number of nitrogens with zero attached hydrogens (tertiary/aromatic N) is 2. The second-order valence-corrected chi connectivity index (χ2v) is 9.42. The van der Waals surface area contributed by atoms with E-state index in [9.17, 15) is 9.59 Å². The number of benzene rings is 3. The second kappa shape index (κ2) is 9.46. The van der Waals surface area contributed by atoms with Crippen molar-refractivity contribution in [2.45, 2.75) is 44.2 Å². The molecule has 1 amide bonds. The molecule has 1 atom stereocenters. The summed E-state index contributed by atoms with van der Waals surface area (Å²) in [5.74, 6) is 0.200. The summed E-state index contributed by atoms with van der Waals surface area (Å²) in [6, 6.07) is 24.0. The molecule has 1 aliphatic carbocycles. The van der Waals surface area contributed by atoms with Gasteiger partial charge in [0, 0.05) is 6.04 Å². The maximum Gasteiger partial charge on any atom is 0.281 e. The molecule has 0 bridgehead atoms. The van der Waals surface area contributed by atoms with Crippen LogP contribution in [0.2, 0.25) is 0 Å². The number of amides is 1. The average molecular weight is 478 g/mol. The van der Waals surface area contributed by atoms with Crippen LogP contribution in [0, 0.1) is 0 Å². The van der Waals surface area contributed by atoms with Gasteiger partial charge in [-0.2, -0.15) is 0 Å². The summed E-state index contributed by atoms with van der Waals surface area (Å²) in [4.78, 5) is 32.9. The van der Waals surface area contributed by atoms with E-state index in [0.29, 0.717) is 16.8 Å². The normalized spacial score (nSPS) is 15.2. The van der Waals surface area contributed by atoms with Crippen molar-refractivity contribution in [2.75, 3.05) is 0 Å². The number of para-hydroxylation sites is 2. The summed E-state index contributed by atoms with van der Waals surface area (Å²) in [7, 11) is 0.